The fourth-order valence-corrected chi connectivity index (χ4v) is 2.20. The number of nitrogen functional groups attached to an aromatic ring is 1. The smallest absolute Gasteiger partial charge is 0.152 e. The van der Waals surface area contributed by atoms with Crippen LogP contribution in [0.1, 0.15) is 25.5 Å². The number of hydrogen-bond donors (Lipinski definition) is 2. The predicted molar refractivity (Wildman–Crippen MR) is 69.3 cm³/mol. The molecule has 2 aromatic rings. The van der Waals surface area contributed by atoms with Crippen molar-refractivity contribution in [3.05, 3.63) is 22.5 Å². The van der Waals surface area contributed by atoms with E-state index in [0.29, 0.717) is 5.92 Å². The van der Waals surface area contributed by atoms with Gasteiger partial charge >= 0.3 is 0 Å². The number of aryl methyl sites for hydroxylation is 1. The van der Waals surface area contributed by atoms with Crippen LogP contribution < -0.4 is 11.1 Å². The molecule has 3 N–H and O–H groups in total. The summed E-state index contributed by atoms with van der Waals surface area (Å²) in [6, 6.07) is 2.02. The molecule has 16 heavy (non-hydrogen) atoms. The number of thiophene rings is 1. The van der Waals surface area contributed by atoms with E-state index in [4.69, 9.17) is 5.73 Å². The molecule has 0 saturated carbocycles. The molecule has 0 unspecified atom stereocenters. The quantitative estimate of drug-likeness (QED) is 0.861. The second-order valence-electron chi connectivity index (χ2n) is 4.06. The third-order valence-corrected chi connectivity index (χ3v) is 3.13. The molecule has 0 aromatic carbocycles. The van der Waals surface area contributed by atoms with E-state index in [1.807, 2.05) is 23.9 Å². The Morgan fingerprint density at radius 1 is 1.50 bits per heavy atom. The van der Waals surface area contributed by atoms with Gasteiger partial charge < -0.3 is 11.1 Å². The minimum Gasteiger partial charge on any atom is -0.394 e. The van der Waals surface area contributed by atoms with Gasteiger partial charge in [-0.1, -0.05) is 13.8 Å². The normalized spacial score (nSPS) is 11.0. The van der Waals surface area contributed by atoms with Crippen molar-refractivity contribution in [1.82, 2.24) is 9.78 Å². The summed E-state index contributed by atoms with van der Waals surface area (Å²) in [5.74, 6) is 1.20. The standard InChI is InChI=1S/C11H16N4S/c1-7(2)10-9(12)11(15(3)14-10)13-8-4-5-16-6-8/h4-7,13H,12H2,1-3H3. The summed E-state index contributed by atoms with van der Waals surface area (Å²) >= 11 is 1.65. The van der Waals surface area contributed by atoms with Gasteiger partial charge in [0.2, 0.25) is 0 Å². The first-order valence-corrected chi connectivity index (χ1v) is 6.15. The SMILES string of the molecule is CC(C)c1nn(C)c(Nc2ccsc2)c1N. The number of nitrogens with two attached hydrogens (primary N) is 1. The average molecular weight is 236 g/mol. The van der Waals surface area contributed by atoms with E-state index < -0.39 is 0 Å². The van der Waals surface area contributed by atoms with Crippen LogP contribution in [0.3, 0.4) is 0 Å². The zero-order valence-corrected chi connectivity index (χ0v) is 10.5. The molecule has 4 nitrogen and oxygen atoms in total. The second kappa shape index (κ2) is 4.17. The predicted octanol–water partition coefficient (Wildman–Crippen LogP) is 2.93. The molecule has 0 fully saturated rings. The van der Waals surface area contributed by atoms with Crippen LogP contribution in [0.5, 0.6) is 0 Å². The lowest BCUT2D eigenvalue weighted by atomic mass is 10.1. The summed E-state index contributed by atoms with van der Waals surface area (Å²) in [5, 5.41) is 11.8. The molecular weight excluding hydrogens is 220 g/mol. The lowest BCUT2D eigenvalue weighted by molar-refractivity contribution is 0.718. The first-order valence-electron chi connectivity index (χ1n) is 5.21. The van der Waals surface area contributed by atoms with Gasteiger partial charge in [-0.2, -0.15) is 16.4 Å². The Balaban J connectivity index is 2.34. The highest BCUT2D eigenvalue weighted by Crippen LogP contribution is 2.30. The summed E-state index contributed by atoms with van der Waals surface area (Å²) in [6.45, 7) is 4.18. The van der Waals surface area contributed by atoms with Crippen molar-refractivity contribution in [2.24, 2.45) is 7.05 Å². The molecule has 0 aliphatic rings. The van der Waals surface area contributed by atoms with Crippen LogP contribution in [0, 0.1) is 0 Å². The fourth-order valence-electron chi connectivity index (χ4n) is 1.61. The highest BCUT2D eigenvalue weighted by Gasteiger charge is 2.15. The zero-order chi connectivity index (χ0) is 11.7. The lowest BCUT2D eigenvalue weighted by Gasteiger charge is -2.05. The number of hydrogen-bond acceptors (Lipinski definition) is 4. The largest absolute Gasteiger partial charge is 0.394 e. The molecule has 5 heteroatoms. The van der Waals surface area contributed by atoms with E-state index in [1.54, 1.807) is 16.0 Å². The number of aromatic nitrogens is 2. The Kier molecular flexibility index (Phi) is 2.87. The maximum absolute atomic E-state index is 6.08. The summed E-state index contributed by atoms with van der Waals surface area (Å²) < 4.78 is 1.79. The highest BCUT2D eigenvalue weighted by atomic mass is 32.1. The maximum atomic E-state index is 6.08. The Labute approximate surface area is 99.1 Å². The van der Waals surface area contributed by atoms with Crippen molar-refractivity contribution >= 4 is 28.5 Å². The third-order valence-electron chi connectivity index (χ3n) is 2.44. The van der Waals surface area contributed by atoms with E-state index in [1.165, 1.54) is 0 Å². The minimum absolute atomic E-state index is 0.337. The molecular formula is C11H16N4S. The minimum atomic E-state index is 0.337. The van der Waals surface area contributed by atoms with Crippen LogP contribution in [-0.4, -0.2) is 9.78 Å². The van der Waals surface area contributed by atoms with Gasteiger partial charge in [0.05, 0.1) is 17.1 Å². The molecule has 2 heterocycles. The van der Waals surface area contributed by atoms with Crippen molar-refractivity contribution in [1.29, 1.82) is 0 Å². The van der Waals surface area contributed by atoms with Crippen LogP contribution in [0.15, 0.2) is 16.8 Å². The van der Waals surface area contributed by atoms with Crippen LogP contribution >= 0.6 is 11.3 Å². The second-order valence-corrected chi connectivity index (χ2v) is 4.84. The van der Waals surface area contributed by atoms with Gasteiger partial charge in [-0.25, -0.2) is 0 Å². The van der Waals surface area contributed by atoms with Crippen LogP contribution in [0.25, 0.3) is 0 Å². The molecule has 0 aliphatic heterocycles. The Morgan fingerprint density at radius 2 is 2.25 bits per heavy atom. The van der Waals surface area contributed by atoms with Gasteiger partial charge in [0.25, 0.3) is 0 Å². The molecule has 2 rings (SSSR count). The molecule has 0 saturated heterocycles. The molecule has 0 radical (unpaired) electrons. The molecule has 0 amide bonds. The van der Waals surface area contributed by atoms with Gasteiger partial charge in [-0.05, 0) is 17.4 Å². The van der Waals surface area contributed by atoms with Crippen LogP contribution in [0.4, 0.5) is 17.2 Å². The molecule has 2 aromatic heterocycles. The number of nitrogens with zero attached hydrogens (tertiary/aromatic N) is 2. The van der Waals surface area contributed by atoms with Gasteiger partial charge in [-0.3, -0.25) is 4.68 Å². The van der Waals surface area contributed by atoms with Gasteiger partial charge in [0.1, 0.15) is 0 Å². The average Bonchev–Trinajstić information content (AvgIpc) is 2.81. The summed E-state index contributed by atoms with van der Waals surface area (Å²) in [4.78, 5) is 0. The molecule has 0 aliphatic carbocycles. The number of rotatable bonds is 3. The zero-order valence-electron chi connectivity index (χ0n) is 9.69. The van der Waals surface area contributed by atoms with Crippen molar-refractivity contribution < 1.29 is 0 Å². The van der Waals surface area contributed by atoms with Crippen molar-refractivity contribution in [3.63, 3.8) is 0 Å². The Hall–Kier alpha value is -1.49. The van der Waals surface area contributed by atoms with Gasteiger partial charge in [-0.15, -0.1) is 0 Å². The van der Waals surface area contributed by atoms with Crippen molar-refractivity contribution in [3.8, 4) is 0 Å². The topological polar surface area (TPSA) is 55.9 Å². The summed E-state index contributed by atoms with van der Waals surface area (Å²) in [7, 11) is 1.90. The first kappa shape index (κ1) is 11.0. The molecule has 0 spiro atoms. The van der Waals surface area contributed by atoms with Crippen molar-refractivity contribution in [2.45, 2.75) is 19.8 Å². The van der Waals surface area contributed by atoms with E-state index in [2.05, 4.69) is 24.3 Å². The maximum Gasteiger partial charge on any atom is 0.152 e. The van der Waals surface area contributed by atoms with Gasteiger partial charge in [0, 0.05) is 12.4 Å². The number of anilines is 3. The van der Waals surface area contributed by atoms with E-state index in [0.717, 1.165) is 22.9 Å². The highest BCUT2D eigenvalue weighted by molar-refractivity contribution is 7.08. The Bertz CT molecular complexity index is 470. The van der Waals surface area contributed by atoms with E-state index >= 15 is 0 Å². The van der Waals surface area contributed by atoms with E-state index in [-0.39, 0.29) is 0 Å². The molecule has 86 valence electrons. The Morgan fingerprint density at radius 3 is 2.75 bits per heavy atom. The lowest BCUT2D eigenvalue weighted by Crippen LogP contribution is -2.00. The monoisotopic (exact) mass is 236 g/mol. The summed E-state index contributed by atoms with van der Waals surface area (Å²) in [6.07, 6.45) is 0. The molecule has 0 atom stereocenters. The van der Waals surface area contributed by atoms with Gasteiger partial charge in [0.15, 0.2) is 5.82 Å². The number of nitrogens with one attached hydrogen (secondary N) is 1. The third kappa shape index (κ3) is 1.90. The van der Waals surface area contributed by atoms with Crippen molar-refractivity contribution in [2.75, 3.05) is 11.1 Å². The van der Waals surface area contributed by atoms with E-state index in [9.17, 15) is 0 Å². The van der Waals surface area contributed by atoms with Crippen LogP contribution in [-0.2, 0) is 7.05 Å². The van der Waals surface area contributed by atoms with Crippen LogP contribution in [0.2, 0.25) is 0 Å². The first-order chi connectivity index (χ1) is 7.59. The molecule has 0 bridgehead atoms. The fraction of sp³-hybridized carbons (Fsp3) is 0.364. The summed E-state index contributed by atoms with van der Waals surface area (Å²) in [5.41, 5.74) is 8.81.